The minimum Gasteiger partial charge on any atom is -0.397 e. The molecule has 0 radical (unpaired) electrons. The molecule has 102 valence electrons. The Bertz CT molecular complexity index is 853. The Morgan fingerprint density at radius 2 is 2.00 bits per heavy atom. The lowest BCUT2D eigenvalue weighted by atomic mass is 10.2. The van der Waals surface area contributed by atoms with Gasteiger partial charge in [0.05, 0.1) is 28.5 Å². The summed E-state index contributed by atoms with van der Waals surface area (Å²) in [4.78, 5) is 12.3. The number of fused-ring (bicyclic) bond motifs is 1. The summed E-state index contributed by atoms with van der Waals surface area (Å²) in [6.07, 6.45) is 3.07. The summed E-state index contributed by atoms with van der Waals surface area (Å²) in [6, 6.07) is 6.84. The van der Waals surface area contributed by atoms with Gasteiger partial charge in [-0.15, -0.1) is 0 Å². The van der Waals surface area contributed by atoms with Crippen LogP contribution in [0, 0.1) is 0 Å². The molecule has 0 unspecified atom stereocenters. The van der Waals surface area contributed by atoms with Crippen molar-refractivity contribution in [1.82, 2.24) is 14.2 Å². The van der Waals surface area contributed by atoms with E-state index in [-0.39, 0.29) is 5.56 Å². The van der Waals surface area contributed by atoms with Gasteiger partial charge >= 0.3 is 0 Å². The van der Waals surface area contributed by atoms with Gasteiger partial charge in [-0.05, 0) is 23.8 Å². The molecule has 3 rings (SSSR count). The molecule has 2 N–H and O–H groups in total. The monoisotopic (exact) mass is 308 g/mol. The summed E-state index contributed by atoms with van der Waals surface area (Å²) in [5.74, 6) is 0. The number of nitrogens with zero attached hydrogens (tertiary/aromatic N) is 3. The zero-order valence-corrected chi connectivity index (χ0v) is 11.8. The van der Waals surface area contributed by atoms with E-state index in [1.54, 1.807) is 24.4 Å². The topological polar surface area (TPSA) is 65.3 Å². The van der Waals surface area contributed by atoms with Crippen LogP contribution >= 0.6 is 23.2 Å². The highest BCUT2D eigenvalue weighted by atomic mass is 35.5. The first-order chi connectivity index (χ1) is 9.54. The molecule has 0 spiro atoms. The maximum atomic E-state index is 12.3. The first kappa shape index (κ1) is 13.0. The van der Waals surface area contributed by atoms with Crippen LogP contribution in [-0.2, 0) is 6.54 Å². The summed E-state index contributed by atoms with van der Waals surface area (Å²) >= 11 is 11.8. The van der Waals surface area contributed by atoms with Crippen LogP contribution in [-0.4, -0.2) is 14.2 Å². The number of benzene rings is 1. The Hall–Kier alpha value is -1.98. The molecular weight excluding hydrogens is 299 g/mol. The number of hydrogen-bond acceptors (Lipinski definition) is 3. The second-order valence-corrected chi connectivity index (χ2v) is 5.23. The van der Waals surface area contributed by atoms with Crippen LogP contribution in [0.3, 0.4) is 0 Å². The molecule has 5 nitrogen and oxygen atoms in total. The maximum Gasteiger partial charge on any atom is 0.278 e. The number of anilines is 1. The second kappa shape index (κ2) is 4.85. The molecule has 3 aromatic rings. The molecule has 20 heavy (non-hydrogen) atoms. The minimum atomic E-state index is -0.164. The Morgan fingerprint density at radius 1 is 1.20 bits per heavy atom. The van der Waals surface area contributed by atoms with Crippen LogP contribution in [0.15, 0.2) is 41.6 Å². The predicted molar refractivity (Wildman–Crippen MR) is 79.4 cm³/mol. The van der Waals surface area contributed by atoms with Crippen molar-refractivity contribution in [3.05, 3.63) is 62.8 Å². The standard InChI is InChI=1S/C13H10Cl2N4O/c14-10-2-1-8(3-11(10)15)5-18-7-17-19-6-9(16)4-12(19)13(18)20/h1-4,6-7H,5,16H2. The summed E-state index contributed by atoms with van der Waals surface area (Å²) in [5.41, 5.74) is 7.30. The normalized spacial score (nSPS) is 11.1. The second-order valence-electron chi connectivity index (χ2n) is 4.42. The average molecular weight is 309 g/mol. The Kier molecular flexibility index (Phi) is 3.16. The highest BCUT2D eigenvalue weighted by molar-refractivity contribution is 6.42. The highest BCUT2D eigenvalue weighted by Crippen LogP contribution is 2.22. The van der Waals surface area contributed by atoms with Gasteiger partial charge in [0, 0.05) is 0 Å². The molecule has 2 aromatic heterocycles. The van der Waals surface area contributed by atoms with E-state index >= 15 is 0 Å². The van der Waals surface area contributed by atoms with Crippen LogP contribution in [0.4, 0.5) is 5.69 Å². The van der Waals surface area contributed by atoms with Crippen molar-refractivity contribution in [3.8, 4) is 0 Å². The van der Waals surface area contributed by atoms with E-state index in [1.807, 2.05) is 6.07 Å². The smallest absolute Gasteiger partial charge is 0.278 e. The van der Waals surface area contributed by atoms with E-state index in [1.165, 1.54) is 15.4 Å². The number of nitrogens with two attached hydrogens (primary N) is 1. The van der Waals surface area contributed by atoms with Gasteiger partial charge in [0.1, 0.15) is 11.8 Å². The molecular formula is C13H10Cl2N4O. The molecule has 0 aliphatic heterocycles. The fourth-order valence-electron chi connectivity index (χ4n) is 1.99. The van der Waals surface area contributed by atoms with Gasteiger partial charge < -0.3 is 5.73 Å². The third-order valence-electron chi connectivity index (χ3n) is 2.95. The van der Waals surface area contributed by atoms with E-state index in [4.69, 9.17) is 28.9 Å². The summed E-state index contributed by atoms with van der Waals surface area (Å²) in [6.45, 7) is 0.365. The molecule has 0 aliphatic rings. The fourth-order valence-corrected chi connectivity index (χ4v) is 2.31. The number of halogens is 2. The van der Waals surface area contributed by atoms with E-state index in [2.05, 4.69) is 5.10 Å². The van der Waals surface area contributed by atoms with Gasteiger partial charge in [0.2, 0.25) is 0 Å². The predicted octanol–water partition coefficient (Wildman–Crippen LogP) is 2.43. The molecule has 0 atom stereocenters. The molecule has 0 bridgehead atoms. The molecule has 7 heteroatoms. The Balaban J connectivity index is 2.04. The SMILES string of the molecule is Nc1cc2c(=O)n(Cc3ccc(Cl)c(Cl)c3)cnn2c1. The summed E-state index contributed by atoms with van der Waals surface area (Å²) in [7, 11) is 0. The molecule has 0 saturated heterocycles. The lowest BCUT2D eigenvalue weighted by Crippen LogP contribution is -2.23. The first-order valence-electron chi connectivity index (χ1n) is 5.82. The van der Waals surface area contributed by atoms with Crippen LogP contribution in [0.5, 0.6) is 0 Å². The zero-order valence-electron chi connectivity index (χ0n) is 10.3. The molecule has 0 amide bonds. The van der Waals surface area contributed by atoms with Crippen LogP contribution in [0.25, 0.3) is 5.52 Å². The fraction of sp³-hybridized carbons (Fsp3) is 0.0769. The number of aromatic nitrogens is 3. The Morgan fingerprint density at radius 3 is 2.75 bits per heavy atom. The largest absolute Gasteiger partial charge is 0.397 e. The third-order valence-corrected chi connectivity index (χ3v) is 3.69. The van der Waals surface area contributed by atoms with Crippen molar-refractivity contribution in [2.24, 2.45) is 0 Å². The van der Waals surface area contributed by atoms with Crippen molar-refractivity contribution < 1.29 is 0 Å². The van der Waals surface area contributed by atoms with Gasteiger partial charge in [0.25, 0.3) is 5.56 Å². The summed E-state index contributed by atoms with van der Waals surface area (Å²) < 4.78 is 2.96. The average Bonchev–Trinajstić information content (AvgIpc) is 2.79. The molecule has 0 fully saturated rings. The lowest BCUT2D eigenvalue weighted by Gasteiger charge is -2.06. The quantitative estimate of drug-likeness (QED) is 0.790. The van der Waals surface area contributed by atoms with E-state index in [0.717, 1.165) is 5.56 Å². The molecule has 1 aromatic carbocycles. The van der Waals surface area contributed by atoms with Gasteiger partial charge in [-0.1, -0.05) is 29.3 Å². The van der Waals surface area contributed by atoms with Crippen molar-refractivity contribution >= 4 is 34.4 Å². The number of hydrogen-bond donors (Lipinski definition) is 1. The zero-order chi connectivity index (χ0) is 14.3. The molecule has 0 aliphatic carbocycles. The van der Waals surface area contributed by atoms with Crippen LogP contribution in [0.2, 0.25) is 10.0 Å². The van der Waals surface area contributed by atoms with Crippen molar-refractivity contribution in [3.63, 3.8) is 0 Å². The maximum absolute atomic E-state index is 12.3. The molecule has 2 heterocycles. The van der Waals surface area contributed by atoms with Gasteiger partial charge in [-0.3, -0.25) is 9.36 Å². The number of nitrogen functional groups attached to an aromatic ring is 1. The minimum absolute atomic E-state index is 0.164. The summed E-state index contributed by atoms with van der Waals surface area (Å²) in [5, 5.41) is 5.08. The Labute approximate surface area is 124 Å². The molecule has 0 saturated carbocycles. The lowest BCUT2D eigenvalue weighted by molar-refractivity contribution is 0.704. The van der Waals surface area contributed by atoms with Gasteiger partial charge in [0.15, 0.2) is 0 Å². The van der Waals surface area contributed by atoms with Crippen LogP contribution in [0.1, 0.15) is 5.56 Å². The third kappa shape index (κ3) is 2.26. The van der Waals surface area contributed by atoms with Gasteiger partial charge in [-0.25, -0.2) is 4.52 Å². The van der Waals surface area contributed by atoms with Crippen molar-refractivity contribution in [2.45, 2.75) is 6.54 Å². The van der Waals surface area contributed by atoms with E-state index in [9.17, 15) is 4.79 Å². The highest BCUT2D eigenvalue weighted by Gasteiger charge is 2.07. The van der Waals surface area contributed by atoms with Crippen LogP contribution < -0.4 is 11.3 Å². The first-order valence-corrected chi connectivity index (χ1v) is 6.57. The van der Waals surface area contributed by atoms with Crippen molar-refractivity contribution in [2.75, 3.05) is 5.73 Å². The van der Waals surface area contributed by atoms with E-state index in [0.29, 0.717) is 27.8 Å². The van der Waals surface area contributed by atoms with Crippen molar-refractivity contribution in [1.29, 1.82) is 0 Å². The van der Waals surface area contributed by atoms with Gasteiger partial charge in [-0.2, -0.15) is 5.10 Å². The van der Waals surface area contributed by atoms with E-state index < -0.39 is 0 Å². The number of rotatable bonds is 2.